The van der Waals surface area contributed by atoms with Gasteiger partial charge < -0.3 is 10.1 Å². The van der Waals surface area contributed by atoms with Gasteiger partial charge in [0.25, 0.3) is 5.91 Å². The summed E-state index contributed by atoms with van der Waals surface area (Å²) in [7, 11) is 3.40. The van der Waals surface area contributed by atoms with Crippen molar-refractivity contribution < 1.29 is 14.3 Å². The van der Waals surface area contributed by atoms with Crippen molar-refractivity contribution >= 4 is 11.8 Å². The Morgan fingerprint density at radius 2 is 2.29 bits per heavy atom. The molecule has 0 aliphatic heterocycles. The number of nitrogens with one attached hydrogen (secondary N) is 2. The predicted molar refractivity (Wildman–Crippen MR) is 74.1 cm³/mol. The van der Waals surface area contributed by atoms with Crippen LogP contribution in [0.2, 0.25) is 0 Å². The van der Waals surface area contributed by atoms with E-state index in [1.165, 1.54) is 10.9 Å². The van der Waals surface area contributed by atoms with Crippen LogP contribution >= 0.6 is 0 Å². The normalized spacial score (nSPS) is 10.7. The second-order valence-electron chi connectivity index (χ2n) is 4.42. The summed E-state index contributed by atoms with van der Waals surface area (Å²) in [5.74, 6) is 4.44. The summed E-state index contributed by atoms with van der Waals surface area (Å²) in [4.78, 5) is 24.6. The van der Waals surface area contributed by atoms with Crippen LogP contribution in [0.5, 0.6) is 0 Å². The highest BCUT2D eigenvalue weighted by Gasteiger charge is 2.10. The van der Waals surface area contributed by atoms with Gasteiger partial charge in [-0.3, -0.25) is 24.6 Å². The van der Waals surface area contributed by atoms with Crippen LogP contribution in [0.25, 0.3) is 0 Å². The summed E-state index contributed by atoms with van der Waals surface area (Å²) in [5.41, 5.74) is 2.13. The number of nitrogen functional groups attached to an aromatic ring is 1. The molecule has 1 aromatic rings. The van der Waals surface area contributed by atoms with Gasteiger partial charge in [-0.25, -0.2) is 5.84 Å². The Labute approximate surface area is 122 Å². The highest BCUT2D eigenvalue weighted by atomic mass is 16.5. The smallest absolute Gasteiger partial charge is 0.287 e. The van der Waals surface area contributed by atoms with E-state index in [1.54, 1.807) is 7.11 Å². The number of methoxy groups -OCH3 is 1. The van der Waals surface area contributed by atoms with Gasteiger partial charge in [-0.1, -0.05) is 5.21 Å². The van der Waals surface area contributed by atoms with E-state index < -0.39 is 5.91 Å². The lowest BCUT2D eigenvalue weighted by atomic mass is 10.4. The highest BCUT2D eigenvalue weighted by molar-refractivity contribution is 5.91. The van der Waals surface area contributed by atoms with E-state index in [-0.39, 0.29) is 18.1 Å². The van der Waals surface area contributed by atoms with Crippen LogP contribution in [0.3, 0.4) is 0 Å². The Morgan fingerprint density at radius 3 is 2.95 bits per heavy atom. The Balaban J connectivity index is 2.29. The monoisotopic (exact) mass is 299 g/mol. The average Bonchev–Trinajstić information content (AvgIpc) is 2.93. The summed E-state index contributed by atoms with van der Waals surface area (Å²) in [6.45, 7) is 2.34. The lowest BCUT2D eigenvalue weighted by Crippen LogP contribution is -2.37. The number of hydrogen-bond acceptors (Lipinski definition) is 7. The molecule has 10 nitrogen and oxygen atoms in total. The molecule has 21 heavy (non-hydrogen) atoms. The van der Waals surface area contributed by atoms with Crippen molar-refractivity contribution in [3.63, 3.8) is 0 Å². The van der Waals surface area contributed by atoms with Crippen molar-refractivity contribution in [2.75, 3.05) is 40.4 Å². The van der Waals surface area contributed by atoms with E-state index in [0.29, 0.717) is 26.2 Å². The molecule has 2 amide bonds. The lowest BCUT2D eigenvalue weighted by Gasteiger charge is -2.15. The molecule has 0 saturated heterocycles. The molecule has 0 unspecified atom stereocenters. The third kappa shape index (κ3) is 6.29. The summed E-state index contributed by atoms with van der Waals surface area (Å²) in [6, 6.07) is 0. The fourth-order valence-electron chi connectivity index (χ4n) is 1.53. The lowest BCUT2D eigenvalue weighted by molar-refractivity contribution is -0.122. The van der Waals surface area contributed by atoms with Crippen LogP contribution in [0, 0.1) is 0 Å². The Hall–Kier alpha value is -2.04. The molecule has 0 spiro atoms. The van der Waals surface area contributed by atoms with Gasteiger partial charge in [0.2, 0.25) is 5.91 Å². The van der Waals surface area contributed by atoms with Crippen molar-refractivity contribution in [1.29, 1.82) is 0 Å². The van der Waals surface area contributed by atoms with Crippen molar-refractivity contribution in [2.45, 2.75) is 6.54 Å². The second kappa shape index (κ2) is 9.00. The average molecular weight is 299 g/mol. The zero-order valence-electron chi connectivity index (χ0n) is 12.2. The first kappa shape index (κ1) is 17.0. The number of hydrazine groups is 1. The van der Waals surface area contributed by atoms with Crippen molar-refractivity contribution in [3.8, 4) is 0 Å². The van der Waals surface area contributed by atoms with Gasteiger partial charge in [-0.05, 0) is 7.05 Å². The Kier molecular flexibility index (Phi) is 7.29. The standard InChI is InChI=1S/C11H21N7O3/c1-17(8-10(19)13-3-6-21-2)4-5-18-7-9(15-16-18)11(20)14-12/h7H,3-6,8,12H2,1-2H3,(H,13,19)(H,14,20). The molecule has 0 aliphatic rings. The fraction of sp³-hybridized carbons (Fsp3) is 0.636. The van der Waals surface area contributed by atoms with Crippen LogP contribution in [0.1, 0.15) is 10.5 Å². The molecule has 0 atom stereocenters. The minimum Gasteiger partial charge on any atom is -0.383 e. The first-order chi connectivity index (χ1) is 10.1. The second-order valence-corrected chi connectivity index (χ2v) is 4.42. The van der Waals surface area contributed by atoms with Crippen molar-refractivity contribution in [3.05, 3.63) is 11.9 Å². The Morgan fingerprint density at radius 1 is 1.52 bits per heavy atom. The first-order valence-corrected chi connectivity index (χ1v) is 6.42. The molecule has 1 rings (SSSR count). The molecule has 0 bridgehead atoms. The van der Waals surface area contributed by atoms with Gasteiger partial charge in [-0.2, -0.15) is 0 Å². The minimum atomic E-state index is -0.493. The number of amides is 2. The van der Waals surface area contributed by atoms with Crippen molar-refractivity contribution in [2.24, 2.45) is 5.84 Å². The molecule has 0 radical (unpaired) electrons. The minimum absolute atomic E-state index is 0.0728. The first-order valence-electron chi connectivity index (χ1n) is 6.42. The fourth-order valence-corrected chi connectivity index (χ4v) is 1.53. The number of rotatable bonds is 9. The number of hydrogen-bond donors (Lipinski definition) is 3. The third-order valence-electron chi connectivity index (χ3n) is 2.66. The molecular weight excluding hydrogens is 278 g/mol. The maximum atomic E-state index is 11.6. The quantitative estimate of drug-likeness (QED) is 0.200. The Bertz CT molecular complexity index is 462. The van der Waals surface area contributed by atoms with Crippen LogP contribution in [-0.2, 0) is 16.1 Å². The maximum absolute atomic E-state index is 11.6. The number of nitrogens with two attached hydrogens (primary N) is 1. The summed E-state index contributed by atoms with van der Waals surface area (Å²) >= 11 is 0. The predicted octanol–water partition coefficient (Wildman–Crippen LogP) is -2.42. The molecule has 0 aliphatic carbocycles. The zero-order chi connectivity index (χ0) is 15.7. The van der Waals surface area contributed by atoms with E-state index in [4.69, 9.17) is 10.6 Å². The zero-order valence-corrected chi connectivity index (χ0v) is 12.2. The van der Waals surface area contributed by atoms with Crippen LogP contribution in [0.4, 0.5) is 0 Å². The van der Waals surface area contributed by atoms with Crippen LogP contribution in [0.15, 0.2) is 6.20 Å². The van der Waals surface area contributed by atoms with E-state index >= 15 is 0 Å². The number of nitrogens with zero attached hydrogens (tertiary/aromatic N) is 4. The molecular formula is C11H21N7O3. The van der Waals surface area contributed by atoms with Gasteiger partial charge in [0.15, 0.2) is 5.69 Å². The van der Waals surface area contributed by atoms with E-state index in [1.807, 2.05) is 17.4 Å². The van der Waals surface area contributed by atoms with Gasteiger partial charge >= 0.3 is 0 Å². The molecule has 1 heterocycles. The molecule has 118 valence electrons. The number of carbonyl (C=O) groups excluding carboxylic acids is 2. The van der Waals surface area contributed by atoms with Crippen LogP contribution < -0.4 is 16.6 Å². The molecule has 1 aromatic heterocycles. The SMILES string of the molecule is COCCNC(=O)CN(C)CCn1cc(C(=O)NN)nn1. The highest BCUT2D eigenvalue weighted by Crippen LogP contribution is 1.93. The van der Waals surface area contributed by atoms with Crippen molar-refractivity contribution in [1.82, 2.24) is 30.6 Å². The van der Waals surface area contributed by atoms with E-state index in [0.717, 1.165) is 0 Å². The summed E-state index contributed by atoms with van der Waals surface area (Å²) < 4.78 is 6.36. The molecule has 0 saturated carbocycles. The largest absolute Gasteiger partial charge is 0.383 e. The summed E-state index contributed by atoms with van der Waals surface area (Å²) in [5, 5.41) is 10.2. The van der Waals surface area contributed by atoms with Gasteiger partial charge in [-0.15, -0.1) is 5.10 Å². The molecule has 0 aromatic carbocycles. The van der Waals surface area contributed by atoms with E-state index in [9.17, 15) is 9.59 Å². The van der Waals surface area contributed by atoms with Crippen LogP contribution in [-0.4, -0.2) is 72.1 Å². The number of aromatic nitrogens is 3. The van der Waals surface area contributed by atoms with E-state index in [2.05, 4.69) is 15.6 Å². The molecule has 4 N–H and O–H groups in total. The molecule has 0 fully saturated rings. The number of likely N-dealkylation sites (N-methyl/N-ethyl adjacent to an activating group) is 1. The van der Waals surface area contributed by atoms with Gasteiger partial charge in [0.05, 0.1) is 25.9 Å². The number of carbonyl (C=O) groups is 2. The molecule has 10 heteroatoms. The third-order valence-corrected chi connectivity index (χ3v) is 2.66. The van der Waals surface area contributed by atoms with Gasteiger partial charge in [0, 0.05) is 20.2 Å². The number of ether oxygens (including phenoxy) is 1. The summed E-state index contributed by atoms with van der Waals surface area (Å²) in [6.07, 6.45) is 1.49. The maximum Gasteiger partial charge on any atom is 0.287 e. The topological polar surface area (TPSA) is 127 Å². The van der Waals surface area contributed by atoms with Gasteiger partial charge in [0.1, 0.15) is 0 Å².